The number of fused-ring (bicyclic) bond motifs is 1. The Morgan fingerprint density at radius 3 is 2.64 bits per heavy atom. The van der Waals surface area contributed by atoms with Gasteiger partial charge in [-0.3, -0.25) is 4.79 Å². The second-order valence-corrected chi connectivity index (χ2v) is 10.6. The minimum absolute atomic E-state index is 0.0712. The van der Waals surface area contributed by atoms with Gasteiger partial charge in [-0.15, -0.1) is 21.5 Å². The Bertz CT molecular complexity index is 1630. The maximum absolute atomic E-state index is 12.9. The summed E-state index contributed by atoms with van der Waals surface area (Å²) in [5.74, 6) is 0.369. The van der Waals surface area contributed by atoms with Gasteiger partial charge in [0, 0.05) is 18.3 Å². The van der Waals surface area contributed by atoms with E-state index < -0.39 is 11.7 Å². The second kappa shape index (κ2) is 11.1. The number of rotatable bonds is 8. The van der Waals surface area contributed by atoms with Crippen molar-refractivity contribution in [2.75, 3.05) is 11.1 Å². The van der Waals surface area contributed by atoms with Crippen LogP contribution in [-0.4, -0.2) is 31.4 Å². The molecule has 0 spiro atoms. The number of hydrogen-bond acceptors (Lipinski definition) is 7. The lowest BCUT2D eigenvalue weighted by atomic mass is 10.2. The van der Waals surface area contributed by atoms with Crippen LogP contribution in [0.25, 0.3) is 20.8 Å². The van der Waals surface area contributed by atoms with Crippen molar-refractivity contribution < 1.29 is 22.7 Å². The molecule has 2 heterocycles. The number of nitrogens with one attached hydrogen (secondary N) is 1. The third-order valence-corrected chi connectivity index (χ3v) is 7.83. The summed E-state index contributed by atoms with van der Waals surface area (Å²) in [6.45, 7) is 1.98. The lowest BCUT2D eigenvalue weighted by Gasteiger charge is -2.10. The maximum atomic E-state index is 12.9. The molecule has 0 unspecified atom stereocenters. The number of hydrogen-bond donors (Lipinski definition) is 1. The van der Waals surface area contributed by atoms with Gasteiger partial charge in [-0.25, -0.2) is 4.98 Å². The molecule has 0 aliphatic rings. The molecule has 200 valence electrons. The molecule has 2 aromatic heterocycles. The summed E-state index contributed by atoms with van der Waals surface area (Å²) >= 11 is 2.82. The number of alkyl halides is 3. The number of carbonyl (C=O) groups is 1. The molecule has 0 aliphatic heterocycles. The molecule has 0 bridgehead atoms. The molecule has 3 aromatic carbocycles. The summed E-state index contributed by atoms with van der Waals surface area (Å²) in [5.41, 5.74) is 3.00. The fraction of sp³-hybridized carbons (Fsp3) is 0.185. The van der Waals surface area contributed by atoms with Crippen LogP contribution in [0, 0.1) is 6.92 Å². The number of nitrogens with zero attached hydrogens (tertiary/aromatic N) is 4. The Hall–Kier alpha value is -3.90. The Morgan fingerprint density at radius 1 is 1.08 bits per heavy atom. The van der Waals surface area contributed by atoms with Gasteiger partial charge in [-0.05, 0) is 67.1 Å². The predicted octanol–water partition coefficient (Wildman–Crippen LogP) is 6.73. The van der Waals surface area contributed by atoms with Crippen molar-refractivity contribution in [2.24, 2.45) is 7.05 Å². The molecular weight excluding hydrogens is 547 g/mol. The third kappa shape index (κ3) is 6.40. The number of ether oxygens (including phenoxy) is 1. The number of benzene rings is 3. The normalized spacial score (nSPS) is 11.6. The molecule has 0 saturated carbocycles. The molecule has 5 rings (SSSR count). The van der Waals surface area contributed by atoms with Crippen LogP contribution in [0.3, 0.4) is 0 Å². The van der Waals surface area contributed by atoms with Crippen LogP contribution in [0.15, 0.2) is 71.9 Å². The highest BCUT2D eigenvalue weighted by atomic mass is 32.2. The van der Waals surface area contributed by atoms with Crippen molar-refractivity contribution in [1.29, 1.82) is 0 Å². The van der Waals surface area contributed by atoms with E-state index in [0.29, 0.717) is 16.7 Å². The van der Waals surface area contributed by atoms with Crippen molar-refractivity contribution >= 4 is 44.9 Å². The van der Waals surface area contributed by atoms with E-state index in [0.717, 1.165) is 32.9 Å². The van der Waals surface area contributed by atoms with Crippen molar-refractivity contribution in [3.05, 3.63) is 83.7 Å². The first-order chi connectivity index (χ1) is 18.7. The lowest BCUT2D eigenvalue weighted by Crippen LogP contribution is -2.14. The zero-order chi connectivity index (χ0) is 27.6. The van der Waals surface area contributed by atoms with Crippen LogP contribution in [0.4, 0.5) is 18.9 Å². The van der Waals surface area contributed by atoms with Crippen LogP contribution in [0.2, 0.25) is 0 Å². The highest BCUT2D eigenvalue weighted by Gasteiger charge is 2.30. The molecule has 39 heavy (non-hydrogen) atoms. The van der Waals surface area contributed by atoms with Gasteiger partial charge in [0.1, 0.15) is 17.4 Å². The van der Waals surface area contributed by atoms with E-state index >= 15 is 0 Å². The maximum Gasteiger partial charge on any atom is 0.416 e. The van der Waals surface area contributed by atoms with Gasteiger partial charge in [-0.1, -0.05) is 23.9 Å². The first kappa shape index (κ1) is 26.7. The average molecular weight is 570 g/mol. The molecule has 1 amide bonds. The van der Waals surface area contributed by atoms with Crippen LogP contribution >= 0.6 is 23.1 Å². The first-order valence-electron chi connectivity index (χ1n) is 11.7. The smallest absolute Gasteiger partial charge is 0.416 e. The number of amides is 1. The number of halogens is 3. The molecule has 0 fully saturated rings. The van der Waals surface area contributed by atoms with Gasteiger partial charge in [0.25, 0.3) is 0 Å². The van der Waals surface area contributed by atoms with Crippen LogP contribution < -0.4 is 10.1 Å². The van der Waals surface area contributed by atoms with Crippen LogP contribution in [0.5, 0.6) is 5.75 Å². The van der Waals surface area contributed by atoms with Gasteiger partial charge in [0.05, 0.1) is 21.5 Å². The molecule has 0 saturated heterocycles. The van der Waals surface area contributed by atoms with Gasteiger partial charge in [0.15, 0.2) is 11.0 Å². The van der Waals surface area contributed by atoms with E-state index in [2.05, 4.69) is 28.5 Å². The monoisotopic (exact) mass is 569 g/mol. The molecule has 0 atom stereocenters. The number of thiazole rings is 1. The van der Waals surface area contributed by atoms with E-state index in [9.17, 15) is 18.0 Å². The summed E-state index contributed by atoms with van der Waals surface area (Å²) in [7, 11) is 1.70. The van der Waals surface area contributed by atoms with Crippen molar-refractivity contribution in [1.82, 2.24) is 19.7 Å². The van der Waals surface area contributed by atoms with Crippen LogP contribution in [0.1, 0.15) is 17.0 Å². The molecule has 0 radical (unpaired) electrons. The number of thioether (sulfide) groups is 1. The largest absolute Gasteiger partial charge is 0.486 e. The Kier molecular flexibility index (Phi) is 7.58. The minimum Gasteiger partial charge on any atom is -0.486 e. The molecule has 12 heteroatoms. The molecular formula is C27H22F3N5O2S2. The van der Waals surface area contributed by atoms with Crippen molar-refractivity contribution in [3.8, 4) is 16.3 Å². The highest BCUT2D eigenvalue weighted by molar-refractivity contribution is 7.99. The summed E-state index contributed by atoms with van der Waals surface area (Å²) < 4.78 is 47.0. The zero-order valence-electron chi connectivity index (χ0n) is 20.8. The first-order valence-corrected chi connectivity index (χ1v) is 13.5. The second-order valence-electron chi connectivity index (χ2n) is 8.68. The van der Waals surface area contributed by atoms with Gasteiger partial charge in [0.2, 0.25) is 5.91 Å². The van der Waals surface area contributed by atoms with E-state index in [-0.39, 0.29) is 24.0 Å². The minimum atomic E-state index is -4.45. The van der Waals surface area contributed by atoms with E-state index in [1.165, 1.54) is 29.5 Å². The zero-order valence-corrected chi connectivity index (χ0v) is 22.5. The summed E-state index contributed by atoms with van der Waals surface area (Å²) in [6.07, 6.45) is -4.45. The SMILES string of the molecule is Cc1ccc2nc(-c3ccc(NC(=O)CSc4nnc(COc5cccc(C(F)(F)F)c5)n4C)cc3)sc2c1. The molecule has 0 aliphatic carbocycles. The Labute approximate surface area is 230 Å². The summed E-state index contributed by atoms with van der Waals surface area (Å²) in [4.78, 5) is 17.2. The quantitative estimate of drug-likeness (QED) is 0.209. The number of aromatic nitrogens is 4. The van der Waals surface area contributed by atoms with Crippen molar-refractivity contribution in [2.45, 2.75) is 24.9 Å². The number of aryl methyl sites for hydroxylation is 1. The fourth-order valence-electron chi connectivity index (χ4n) is 3.69. The Morgan fingerprint density at radius 2 is 1.87 bits per heavy atom. The van der Waals surface area contributed by atoms with E-state index in [1.807, 2.05) is 36.4 Å². The third-order valence-electron chi connectivity index (χ3n) is 5.75. The highest BCUT2D eigenvalue weighted by Crippen LogP contribution is 2.32. The lowest BCUT2D eigenvalue weighted by molar-refractivity contribution is -0.137. The Balaban J connectivity index is 1.14. The number of anilines is 1. The summed E-state index contributed by atoms with van der Waals surface area (Å²) in [5, 5.41) is 12.4. The van der Waals surface area contributed by atoms with E-state index in [4.69, 9.17) is 9.72 Å². The average Bonchev–Trinajstić information content (AvgIpc) is 3.49. The number of carbonyl (C=O) groups excluding carboxylic acids is 1. The standard InChI is InChI=1S/C27H22F3N5O2S2/c1-16-6-11-21-22(12-16)39-25(32-21)17-7-9-19(10-8-17)31-24(36)15-38-26-34-33-23(35(26)2)14-37-20-5-3-4-18(13-20)27(28,29)30/h3-13H,14-15H2,1-2H3,(H,31,36). The van der Waals surface area contributed by atoms with Gasteiger partial charge in [-0.2, -0.15) is 13.2 Å². The summed E-state index contributed by atoms with van der Waals surface area (Å²) in [6, 6.07) is 18.3. The van der Waals surface area contributed by atoms with E-state index in [1.54, 1.807) is 23.0 Å². The topological polar surface area (TPSA) is 81.9 Å². The fourth-order valence-corrected chi connectivity index (χ4v) is 5.48. The molecule has 1 N–H and O–H groups in total. The molecule has 7 nitrogen and oxygen atoms in total. The molecule has 5 aromatic rings. The van der Waals surface area contributed by atoms with Gasteiger partial charge >= 0.3 is 6.18 Å². The van der Waals surface area contributed by atoms with Crippen molar-refractivity contribution in [3.63, 3.8) is 0 Å². The predicted molar refractivity (Wildman–Crippen MR) is 146 cm³/mol. The van der Waals surface area contributed by atoms with Gasteiger partial charge < -0.3 is 14.6 Å². The van der Waals surface area contributed by atoms with Crippen LogP contribution in [-0.2, 0) is 24.6 Å².